The van der Waals surface area contributed by atoms with E-state index in [0.717, 1.165) is 6.26 Å². The molecule has 0 aliphatic rings. The summed E-state index contributed by atoms with van der Waals surface area (Å²) >= 11 is 0. The summed E-state index contributed by atoms with van der Waals surface area (Å²) in [5.41, 5.74) is 0.480. The highest BCUT2D eigenvalue weighted by Gasteiger charge is 2.12. The monoisotopic (exact) mass is 240 g/mol. The van der Waals surface area contributed by atoms with Crippen molar-refractivity contribution in [3.63, 3.8) is 0 Å². The molecule has 0 aliphatic carbocycles. The number of sulfone groups is 1. The standard InChI is InChI=1S/C8H8N4O3S/c1-5-11-7(15-12-5)6-3-9-8(10-4-6)16(2,13)14/h3-4H,1-2H3. The normalized spacial score (nSPS) is 11.6. The molecule has 0 atom stereocenters. The second kappa shape index (κ2) is 3.63. The third-order valence-electron chi connectivity index (χ3n) is 1.73. The third kappa shape index (κ3) is 2.06. The number of hydrogen-bond acceptors (Lipinski definition) is 7. The van der Waals surface area contributed by atoms with E-state index in [0.29, 0.717) is 11.4 Å². The fourth-order valence-electron chi connectivity index (χ4n) is 1.03. The van der Waals surface area contributed by atoms with Crippen molar-refractivity contribution in [2.75, 3.05) is 6.26 Å². The molecule has 0 aromatic carbocycles. The summed E-state index contributed by atoms with van der Waals surface area (Å²) in [6.45, 7) is 1.68. The number of aromatic nitrogens is 4. The fraction of sp³-hybridized carbons (Fsp3) is 0.250. The zero-order valence-electron chi connectivity index (χ0n) is 8.58. The van der Waals surface area contributed by atoms with Gasteiger partial charge in [-0.15, -0.1) is 0 Å². The molecule has 0 amide bonds. The van der Waals surface area contributed by atoms with Gasteiger partial charge in [0, 0.05) is 18.6 Å². The van der Waals surface area contributed by atoms with Crippen molar-refractivity contribution >= 4 is 9.84 Å². The number of nitrogens with zero attached hydrogens (tertiary/aromatic N) is 4. The first-order chi connectivity index (χ1) is 7.47. The summed E-state index contributed by atoms with van der Waals surface area (Å²) in [5, 5.41) is 3.38. The maximum absolute atomic E-state index is 11.1. The Bertz CT molecular complexity index is 602. The van der Waals surface area contributed by atoms with E-state index < -0.39 is 9.84 Å². The Morgan fingerprint density at radius 3 is 2.31 bits per heavy atom. The SMILES string of the molecule is Cc1noc(-c2cnc(S(C)(=O)=O)nc2)n1. The minimum absolute atomic E-state index is 0.229. The molecule has 0 N–H and O–H groups in total. The molecule has 84 valence electrons. The molecule has 2 rings (SSSR count). The van der Waals surface area contributed by atoms with Crippen LogP contribution in [0.2, 0.25) is 0 Å². The lowest BCUT2D eigenvalue weighted by atomic mass is 10.3. The van der Waals surface area contributed by atoms with Crippen molar-refractivity contribution in [2.45, 2.75) is 12.1 Å². The fourth-order valence-corrected chi connectivity index (χ4v) is 1.52. The van der Waals surface area contributed by atoms with E-state index in [1.165, 1.54) is 12.4 Å². The van der Waals surface area contributed by atoms with Crippen LogP contribution in [0, 0.1) is 6.92 Å². The number of hydrogen-bond donors (Lipinski definition) is 0. The molecule has 0 radical (unpaired) electrons. The highest BCUT2D eigenvalue weighted by molar-refractivity contribution is 7.90. The van der Waals surface area contributed by atoms with E-state index >= 15 is 0 Å². The molecule has 0 fully saturated rings. The van der Waals surface area contributed by atoms with E-state index in [-0.39, 0.29) is 11.0 Å². The van der Waals surface area contributed by atoms with Gasteiger partial charge in [0.25, 0.3) is 5.89 Å². The maximum atomic E-state index is 11.1. The average molecular weight is 240 g/mol. The predicted octanol–water partition coefficient (Wildman–Crippen LogP) is 0.239. The molecule has 0 unspecified atom stereocenters. The van der Waals surface area contributed by atoms with Gasteiger partial charge in [-0.3, -0.25) is 0 Å². The smallest absolute Gasteiger partial charge is 0.261 e. The zero-order valence-corrected chi connectivity index (χ0v) is 9.39. The third-order valence-corrected chi connectivity index (χ3v) is 2.61. The Labute approximate surface area is 91.5 Å². The predicted molar refractivity (Wildman–Crippen MR) is 53.2 cm³/mol. The second-order valence-corrected chi connectivity index (χ2v) is 5.08. The van der Waals surface area contributed by atoms with E-state index in [2.05, 4.69) is 20.1 Å². The molecular weight excluding hydrogens is 232 g/mol. The lowest BCUT2D eigenvalue weighted by Gasteiger charge is -1.96. The van der Waals surface area contributed by atoms with E-state index in [4.69, 9.17) is 4.52 Å². The van der Waals surface area contributed by atoms with Crippen LogP contribution >= 0.6 is 0 Å². The minimum Gasteiger partial charge on any atom is -0.334 e. The second-order valence-electron chi connectivity index (χ2n) is 3.17. The van der Waals surface area contributed by atoms with Crippen molar-refractivity contribution in [3.05, 3.63) is 18.2 Å². The minimum atomic E-state index is -3.39. The Morgan fingerprint density at radius 2 is 1.88 bits per heavy atom. The Hall–Kier alpha value is -1.83. The molecule has 8 heteroatoms. The van der Waals surface area contributed by atoms with Gasteiger partial charge < -0.3 is 4.52 Å². The van der Waals surface area contributed by atoms with Gasteiger partial charge in [0.2, 0.25) is 15.0 Å². The van der Waals surface area contributed by atoms with Gasteiger partial charge in [-0.2, -0.15) is 4.98 Å². The van der Waals surface area contributed by atoms with Gasteiger partial charge in [-0.05, 0) is 6.92 Å². The highest BCUT2D eigenvalue weighted by Crippen LogP contribution is 2.15. The van der Waals surface area contributed by atoms with Gasteiger partial charge in [-0.1, -0.05) is 5.16 Å². The highest BCUT2D eigenvalue weighted by atomic mass is 32.2. The van der Waals surface area contributed by atoms with Gasteiger partial charge in [0.15, 0.2) is 5.82 Å². The molecule has 16 heavy (non-hydrogen) atoms. The van der Waals surface area contributed by atoms with Gasteiger partial charge in [0.05, 0.1) is 5.56 Å². The topological polar surface area (TPSA) is 98.8 Å². The van der Waals surface area contributed by atoms with Crippen LogP contribution in [0.25, 0.3) is 11.5 Å². The summed E-state index contributed by atoms with van der Waals surface area (Å²) in [4.78, 5) is 11.4. The first-order valence-electron chi connectivity index (χ1n) is 4.29. The quantitative estimate of drug-likeness (QED) is 0.693. The molecule has 0 saturated carbocycles. The van der Waals surface area contributed by atoms with E-state index in [9.17, 15) is 8.42 Å². The first-order valence-corrected chi connectivity index (χ1v) is 6.19. The summed E-state index contributed by atoms with van der Waals surface area (Å²) in [5.74, 6) is 0.750. The Balaban J connectivity index is 2.40. The largest absolute Gasteiger partial charge is 0.334 e. The Morgan fingerprint density at radius 1 is 1.25 bits per heavy atom. The van der Waals surface area contributed by atoms with Crippen LogP contribution in [0.1, 0.15) is 5.82 Å². The molecular formula is C8H8N4O3S. The van der Waals surface area contributed by atoms with Crippen molar-refractivity contribution < 1.29 is 12.9 Å². The summed E-state index contributed by atoms with van der Waals surface area (Å²) in [6.07, 6.45) is 3.70. The van der Waals surface area contributed by atoms with Crippen LogP contribution in [0.4, 0.5) is 0 Å². The van der Waals surface area contributed by atoms with Crippen LogP contribution in [0.5, 0.6) is 0 Å². The molecule has 2 heterocycles. The van der Waals surface area contributed by atoms with Crippen molar-refractivity contribution in [2.24, 2.45) is 0 Å². The zero-order chi connectivity index (χ0) is 11.8. The molecule has 0 spiro atoms. The van der Waals surface area contributed by atoms with Crippen LogP contribution in [-0.2, 0) is 9.84 Å². The summed E-state index contributed by atoms with van der Waals surface area (Å²) in [6, 6.07) is 0. The number of rotatable bonds is 2. The van der Waals surface area contributed by atoms with Gasteiger partial charge in [0.1, 0.15) is 0 Å². The lowest BCUT2D eigenvalue weighted by Crippen LogP contribution is -2.03. The van der Waals surface area contributed by atoms with E-state index in [1.807, 2.05) is 0 Å². The van der Waals surface area contributed by atoms with Gasteiger partial charge >= 0.3 is 0 Å². The van der Waals surface area contributed by atoms with Gasteiger partial charge in [-0.25, -0.2) is 18.4 Å². The molecule has 2 aromatic heterocycles. The molecule has 0 aliphatic heterocycles. The van der Waals surface area contributed by atoms with Crippen LogP contribution in [-0.4, -0.2) is 34.8 Å². The molecule has 7 nitrogen and oxygen atoms in total. The first kappa shape index (κ1) is 10.7. The summed E-state index contributed by atoms with van der Waals surface area (Å²) < 4.78 is 27.1. The molecule has 0 saturated heterocycles. The molecule has 0 bridgehead atoms. The van der Waals surface area contributed by atoms with Crippen LogP contribution < -0.4 is 0 Å². The van der Waals surface area contributed by atoms with E-state index in [1.54, 1.807) is 6.92 Å². The summed E-state index contributed by atoms with van der Waals surface area (Å²) in [7, 11) is -3.39. The van der Waals surface area contributed by atoms with Crippen molar-refractivity contribution in [3.8, 4) is 11.5 Å². The maximum Gasteiger partial charge on any atom is 0.261 e. The van der Waals surface area contributed by atoms with Crippen molar-refractivity contribution in [1.29, 1.82) is 0 Å². The van der Waals surface area contributed by atoms with Crippen molar-refractivity contribution in [1.82, 2.24) is 20.1 Å². The van der Waals surface area contributed by atoms with Crippen LogP contribution in [0.15, 0.2) is 22.1 Å². The molecule has 2 aromatic rings. The average Bonchev–Trinajstić information content (AvgIpc) is 2.64. The lowest BCUT2D eigenvalue weighted by molar-refractivity contribution is 0.425. The Kier molecular flexibility index (Phi) is 2.43. The number of aryl methyl sites for hydroxylation is 1. The van der Waals surface area contributed by atoms with Crippen LogP contribution in [0.3, 0.4) is 0 Å².